The monoisotopic (exact) mass is 483 g/mol. The predicted octanol–water partition coefficient (Wildman–Crippen LogP) is 4.21. The van der Waals surface area contributed by atoms with Crippen LogP contribution in [-0.4, -0.2) is 57.1 Å². The van der Waals surface area contributed by atoms with Crippen molar-refractivity contribution in [3.8, 4) is 0 Å². The van der Waals surface area contributed by atoms with Gasteiger partial charge in [-0.15, -0.1) is 11.3 Å². The number of nitrogens with one attached hydrogen (secondary N) is 1. The lowest BCUT2D eigenvalue weighted by Crippen LogP contribution is -2.41. The molecule has 1 aromatic heterocycles. The average Bonchev–Trinajstić information content (AvgIpc) is 3.40. The third-order valence-corrected chi connectivity index (χ3v) is 8.97. The maximum absolute atomic E-state index is 12.6. The molecule has 3 heterocycles. The number of carboxylic acid groups (broad SMARTS) is 1. The van der Waals surface area contributed by atoms with Gasteiger partial charge in [0.25, 0.3) is 10.0 Å². The minimum Gasteiger partial charge on any atom is -0.478 e. The molecule has 0 amide bonds. The molecule has 168 valence electrons. The number of carbonyl (C=O) groups is 1. The first-order valence-corrected chi connectivity index (χ1v) is 13.1. The zero-order valence-electron chi connectivity index (χ0n) is 17.1. The summed E-state index contributed by atoms with van der Waals surface area (Å²) in [6.07, 6.45) is 4.69. The molecule has 2 fully saturated rings. The van der Waals surface area contributed by atoms with Gasteiger partial charge in [0.05, 0.1) is 15.6 Å². The van der Waals surface area contributed by atoms with Crippen LogP contribution in [0.4, 0.5) is 11.4 Å². The summed E-state index contributed by atoms with van der Waals surface area (Å²) in [5.74, 6) is -0.563. The lowest BCUT2D eigenvalue weighted by Gasteiger charge is -2.36. The van der Waals surface area contributed by atoms with Crippen LogP contribution in [-0.2, 0) is 10.0 Å². The Bertz CT molecular complexity index is 1050. The van der Waals surface area contributed by atoms with Crippen LogP contribution >= 0.6 is 22.9 Å². The van der Waals surface area contributed by atoms with Crippen molar-refractivity contribution in [1.82, 2.24) is 4.90 Å². The maximum atomic E-state index is 12.6. The van der Waals surface area contributed by atoms with Gasteiger partial charge in [-0.1, -0.05) is 11.6 Å². The fourth-order valence-electron chi connectivity index (χ4n) is 4.46. The quantitative estimate of drug-likeness (QED) is 0.613. The lowest BCUT2D eigenvalue weighted by atomic mass is 9.96. The van der Waals surface area contributed by atoms with Crippen molar-refractivity contribution in [3.05, 3.63) is 40.2 Å². The zero-order valence-corrected chi connectivity index (χ0v) is 19.5. The van der Waals surface area contributed by atoms with E-state index in [0.717, 1.165) is 56.9 Å². The van der Waals surface area contributed by atoms with Crippen molar-refractivity contribution in [2.24, 2.45) is 5.92 Å². The normalized spacial score (nSPS) is 20.2. The molecule has 2 aliphatic rings. The highest BCUT2D eigenvalue weighted by Crippen LogP contribution is 2.32. The number of thiophene rings is 1. The molecule has 0 radical (unpaired) electrons. The smallest absolute Gasteiger partial charge is 0.337 e. The Balaban J connectivity index is 1.52. The first-order valence-electron chi connectivity index (χ1n) is 10.4. The molecule has 0 bridgehead atoms. The molecular weight excluding hydrogens is 458 g/mol. The summed E-state index contributed by atoms with van der Waals surface area (Å²) >= 11 is 6.80. The van der Waals surface area contributed by atoms with Gasteiger partial charge in [-0.2, -0.15) is 0 Å². The second kappa shape index (κ2) is 9.36. The third kappa shape index (κ3) is 5.34. The second-order valence-corrected chi connectivity index (χ2v) is 11.8. The Labute approximate surface area is 191 Å². The van der Waals surface area contributed by atoms with E-state index in [4.69, 9.17) is 11.6 Å². The molecule has 2 aromatic rings. The van der Waals surface area contributed by atoms with E-state index >= 15 is 0 Å². The number of aromatic carboxylic acids is 1. The Hall–Kier alpha value is -1.81. The van der Waals surface area contributed by atoms with E-state index in [1.54, 1.807) is 12.1 Å². The number of carboxylic acids is 1. The highest BCUT2D eigenvalue weighted by molar-refractivity contribution is 7.94. The molecule has 4 rings (SSSR count). The summed E-state index contributed by atoms with van der Waals surface area (Å²) in [7, 11) is -3.82. The molecule has 0 spiro atoms. The van der Waals surface area contributed by atoms with E-state index in [9.17, 15) is 18.3 Å². The minimum absolute atomic E-state index is 0.0826. The summed E-state index contributed by atoms with van der Waals surface area (Å²) in [6.45, 7) is 4.98. The number of halogens is 1. The van der Waals surface area contributed by atoms with Gasteiger partial charge in [0.15, 0.2) is 0 Å². The lowest BCUT2D eigenvalue weighted by molar-refractivity contribution is 0.0697. The van der Waals surface area contributed by atoms with E-state index in [2.05, 4.69) is 14.5 Å². The van der Waals surface area contributed by atoms with Gasteiger partial charge in [-0.25, -0.2) is 13.2 Å². The van der Waals surface area contributed by atoms with Crippen LogP contribution in [0.2, 0.25) is 4.34 Å². The van der Waals surface area contributed by atoms with E-state index in [1.165, 1.54) is 31.0 Å². The van der Waals surface area contributed by atoms with Crippen molar-refractivity contribution < 1.29 is 18.3 Å². The SMILES string of the molecule is O=C(O)c1cc(NS(=O)(=O)c2ccc(Cl)s2)ccc1N1CCC[C@H](CN2CCCC2)C1. The van der Waals surface area contributed by atoms with Crippen LogP contribution < -0.4 is 9.62 Å². The van der Waals surface area contributed by atoms with E-state index in [-0.39, 0.29) is 15.5 Å². The number of sulfonamides is 1. The molecule has 31 heavy (non-hydrogen) atoms. The summed E-state index contributed by atoms with van der Waals surface area (Å²) in [5.41, 5.74) is 0.961. The van der Waals surface area contributed by atoms with E-state index in [1.807, 2.05) is 0 Å². The standard InChI is InChI=1S/C21H26ClN3O4S2/c22-19-7-8-20(30-19)31(28,29)23-16-5-6-18(17(12-16)21(26)27)25-11-3-4-15(14-25)13-24-9-1-2-10-24/h5-8,12,15,23H,1-4,9-11,13-14H2,(H,26,27)/t15-/m1/s1. The van der Waals surface area contributed by atoms with Gasteiger partial charge in [-0.3, -0.25) is 4.72 Å². The third-order valence-electron chi connectivity index (χ3n) is 5.87. The van der Waals surface area contributed by atoms with Crippen molar-refractivity contribution in [1.29, 1.82) is 0 Å². The Morgan fingerprint density at radius 2 is 1.94 bits per heavy atom. The van der Waals surface area contributed by atoms with Crippen LogP contribution in [0.25, 0.3) is 0 Å². The molecule has 10 heteroatoms. The molecule has 1 aromatic carbocycles. The molecule has 2 N–H and O–H groups in total. The number of hydrogen-bond donors (Lipinski definition) is 2. The first kappa shape index (κ1) is 22.4. The van der Waals surface area contributed by atoms with Crippen molar-refractivity contribution in [2.75, 3.05) is 42.3 Å². The van der Waals surface area contributed by atoms with Crippen LogP contribution in [0, 0.1) is 5.92 Å². The molecule has 0 aliphatic carbocycles. The zero-order chi connectivity index (χ0) is 22.0. The molecule has 0 unspecified atom stereocenters. The van der Waals surface area contributed by atoms with E-state index < -0.39 is 16.0 Å². The van der Waals surface area contributed by atoms with Crippen molar-refractivity contribution in [2.45, 2.75) is 29.9 Å². The maximum Gasteiger partial charge on any atom is 0.337 e. The van der Waals surface area contributed by atoms with Gasteiger partial charge in [0, 0.05) is 25.3 Å². The number of benzene rings is 1. The highest BCUT2D eigenvalue weighted by Gasteiger charge is 2.26. The van der Waals surface area contributed by atoms with Crippen LogP contribution in [0.3, 0.4) is 0 Å². The molecule has 7 nitrogen and oxygen atoms in total. The molecule has 2 aliphatic heterocycles. The first-order chi connectivity index (χ1) is 14.8. The number of piperidine rings is 1. The van der Waals surface area contributed by atoms with Gasteiger partial charge in [0.2, 0.25) is 0 Å². The molecule has 0 saturated carbocycles. The number of anilines is 2. The summed E-state index contributed by atoms with van der Waals surface area (Å²) in [6, 6.07) is 7.67. The van der Waals surface area contributed by atoms with Gasteiger partial charge in [0.1, 0.15) is 4.21 Å². The summed E-state index contributed by atoms with van der Waals surface area (Å²) in [5, 5.41) is 9.81. The molecule has 1 atom stereocenters. The number of hydrogen-bond acceptors (Lipinski definition) is 6. The fraction of sp³-hybridized carbons (Fsp3) is 0.476. The highest BCUT2D eigenvalue weighted by atomic mass is 35.5. The second-order valence-electron chi connectivity index (χ2n) is 8.16. The largest absolute Gasteiger partial charge is 0.478 e. The molecule has 2 saturated heterocycles. The number of nitrogens with zero attached hydrogens (tertiary/aromatic N) is 2. The van der Waals surface area contributed by atoms with Gasteiger partial charge < -0.3 is 14.9 Å². The molecular formula is C21H26ClN3O4S2. The van der Waals surface area contributed by atoms with Crippen LogP contribution in [0.1, 0.15) is 36.0 Å². The van der Waals surface area contributed by atoms with Gasteiger partial charge >= 0.3 is 5.97 Å². The topological polar surface area (TPSA) is 89.9 Å². The van der Waals surface area contributed by atoms with Crippen molar-refractivity contribution >= 4 is 50.3 Å². The predicted molar refractivity (Wildman–Crippen MR) is 124 cm³/mol. The van der Waals surface area contributed by atoms with Crippen molar-refractivity contribution in [3.63, 3.8) is 0 Å². The summed E-state index contributed by atoms with van der Waals surface area (Å²) < 4.78 is 28.1. The van der Waals surface area contributed by atoms with Crippen LogP contribution in [0.5, 0.6) is 0 Å². The average molecular weight is 484 g/mol. The Morgan fingerprint density at radius 3 is 2.61 bits per heavy atom. The van der Waals surface area contributed by atoms with E-state index in [0.29, 0.717) is 15.9 Å². The summed E-state index contributed by atoms with van der Waals surface area (Å²) in [4.78, 5) is 16.6. The van der Waals surface area contributed by atoms with Crippen LogP contribution in [0.15, 0.2) is 34.5 Å². The number of rotatable bonds is 7. The van der Waals surface area contributed by atoms with Gasteiger partial charge in [-0.05, 0) is 75.0 Å². The Kier molecular flexibility index (Phi) is 6.76. The fourth-order valence-corrected chi connectivity index (χ4v) is 6.99. The minimum atomic E-state index is -3.82. The Morgan fingerprint density at radius 1 is 1.16 bits per heavy atom. The number of likely N-dealkylation sites (tertiary alicyclic amines) is 1.